The molecule has 1 aromatic carbocycles. The van der Waals surface area contributed by atoms with Gasteiger partial charge in [0.25, 0.3) is 5.91 Å². The molecule has 0 spiro atoms. The molecule has 8 nitrogen and oxygen atoms in total. The van der Waals surface area contributed by atoms with E-state index in [0.29, 0.717) is 24.4 Å². The number of ether oxygens (including phenoxy) is 1. The fourth-order valence-corrected chi connectivity index (χ4v) is 3.50. The SMILES string of the molecule is CCOc1cc(Nc2nc(Cl)c(CC)nc2C(N)=O)ccc1N1CCN(C)CC1. The van der Waals surface area contributed by atoms with Crippen molar-refractivity contribution < 1.29 is 9.53 Å². The maximum atomic E-state index is 11.8. The van der Waals surface area contributed by atoms with Crippen LogP contribution in [0.2, 0.25) is 5.15 Å². The molecule has 1 saturated heterocycles. The lowest BCUT2D eigenvalue weighted by molar-refractivity contribution is 0.0996. The van der Waals surface area contributed by atoms with Gasteiger partial charge in [-0.25, -0.2) is 9.97 Å². The molecule has 156 valence electrons. The van der Waals surface area contributed by atoms with Crippen LogP contribution in [0.5, 0.6) is 5.75 Å². The highest BCUT2D eigenvalue weighted by molar-refractivity contribution is 6.30. The van der Waals surface area contributed by atoms with Gasteiger partial charge in [0.1, 0.15) is 5.75 Å². The average molecular weight is 419 g/mol. The topological polar surface area (TPSA) is 96.6 Å². The third kappa shape index (κ3) is 4.89. The Balaban J connectivity index is 1.91. The molecule has 9 heteroatoms. The summed E-state index contributed by atoms with van der Waals surface area (Å²) in [5, 5.41) is 3.37. The van der Waals surface area contributed by atoms with Gasteiger partial charge in [0.15, 0.2) is 16.7 Å². The zero-order valence-electron chi connectivity index (χ0n) is 17.0. The van der Waals surface area contributed by atoms with Crippen LogP contribution >= 0.6 is 11.6 Å². The highest BCUT2D eigenvalue weighted by Gasteiger charge is 2.20. The molecule has 1 aliphatic rings. The van der Waals surface area contributed by atoms with Gasteiger partial charge < -0.3 is 25.6 Å². The molecule has 0 saturated carbocycles. The van der Waals surface area contributed by atoms with Crippen molar-refractivity contribution >= 4 is 34.7 Å². The Morgan fingerprint density at radius 1 is 1.24 bits per heavy atom. The number of benzene rings is 1. The van der Waals surface area contributed by atoms with E-state index in [0.717, 1.165) is 37.6 Å². The van der Waals surface area contributed by atoms with Crippen LogP contribution in [0, 0.1) is 0 Å². The van der Waals surface area contributed by atoms with Crippen molar-refractivity contribution in [3.05, 3.63) is 34.7 Å². The van der Waals surface area contributed by atoms with E-state index < -0.39 is 5.91 Å². The van der Waals surface area contributed by atoms with Crippen LogP contribution in [-0.2, 0) is 6.42 Å². The third-order valence-electron chi connectivity index (χ3n) is 4.85. The predicted molar refractivity (Wildman–Crippen MR) is 116 cm³/mol. The summed E-state index contributed by atoms with van der Waals surface area (Å²) < 4.78 is 5.88. The number of rotatable bonds is 7. The van der Waals surface area contributed by atoms with Crippen molar-refractivity contribution in [2.75, 3.05) is 50.1 Å². The smallest absolute Gasteiger partial charge is 0.271 e. The number of nitrogens with one attached hydrogen (secondary N) is 1. The average Bonchev–Trinajstić information content (AvgIpc) is 2.69. The van der Waals surface area contributed by atoms with Gasteiger partial charge in [0, 0.05) is 37.9 Å². The lowest BCUT2D eigenvalue weighted by Crippen LogP contribution is -2.44. The van der Waals surface area contributed by atoms with Gasteiger partial charge >= 0.3 is 0 Å². The largest absolute Gasteiger partial charge is 0.492 e. The number of likely N-dealkylation sites (N-methyl/N-ethyl adjacent to an activating group) is 1. The van der Waals surface area contributed by atoms with E-state index in [-0.39, 0.29) is 16.7 Å². The molecule has 3 rings (SSSR count). The molecule has 1 aromatic heterocycles. The van der Waals surface area contributed by atoms with Crippen LogP contribution < -0.4 is 20.7 Å². The Bertz CT molecular complexity index is 884. The number of nitrogens with two attached hydrogens (primary N) is 1. The molecule has 0 atom stereocenters. The first-order valence-electron chi connectivity index (χ1n) is 9.76. The highest BCUT2D eigenvalue weighted by atomic mass is 35.5. The van der Waals surface area contributed by atoms with Gasteiger partial charge in [-0.05, 0) is 32.5 Å². The number of amides is 1. The summed E-state index contributed by atoms with van der Waals surface area (Å²) >= 11 is 6.19. The maximum absolute atomic E-state index is 11.8. The summed E-state index contributed by atoms with van der Waals surface area (Å²) in [6, 6.07) is 5.83. The summed E-state index contributed by atoms with van der Waals surface area (Å²) in [6.07, 6.45) is 0.556. The number of carbonyl (C=O) groups excluding carboxylic acids is 1. The second kappa shape index (κ2) is 9.28. The number of hydrogen-bond donors (Lipinski definition) is 2. The van der Waals surface area contributed by atoms with Crippen molar-refractivity contribution in [3.63, 3.8) is 0 Å². The Hall–Kier alpha value is -2.58. The summed E-state index contributed by atoms with van der Waals surface area (Å²) in [5.41, 5.74) is 7.85. The monoisotopic (exact) mass is 418 g/mol. The van der Waals surface area contributed by atoms with Crippen LogP contribution in [-0.4, -0.2) is 60.6 Å². The van der Waals surface area contributed by atoms with E-state index in [4.69, 9.17) is 22.1 Å². The Morgan fingerprint density at radius 3 is 2.59 bits per heavy atom. The first kappa shape index (κ1) is 21.1. The number of piperazine rings is 1. The molecule has 29 heavy (non-hydrogen) atoms. The number of aromatic nitrogens is 2. The van der Waals surface area contributed by atoms with E-state index in [1.54, 1.807) is 0 Å². The normalized spacial score (nSPS) is 14.7. The number of nitrogens with zero attached hydrogens (tertiary/aromatic N) is 4. The van der Waals surface area contributed by atoms with Gasteiger partial charge in [-0.2, -0.15) is 0 Å². The number of primary amides is 1. The van der Waals surface area contributed by atoms with E-state index in [1.807, 2.05) is 32.0 Å². The first-order chi connectivity index (χ1) is 13.9. The second-order valence-corrected chi connectivity index (χ2v) is 7.26. The standard InChI is InChI=1S/C20H27ClN6O2/c1-4-14-18(21)25-20(17(24-14)19(22)28)23-13-6-7-15(16(12-13)29-5-2)27-10-8-26(3)9-11-27/h6-7,12H,4-5,8-11H2,1-3H3,(H2,22,28)(H,23,25). The zero-order valence-corrected chi connectivity index (χ0v) is 17.8. The zero-order chi connectivity index (χ0) is 21.0. The fourth-order valence-electron chi connectivity index (χ4n) is 3.24. The van der Waals surface area contributed by atoms with Crippen molar-refractivity contribution in [2.24, 2.45) is 5.73 Å². The Morgan fingerprint density at radius 2 is 1.97 bits per heavy atom. The summed E-state index contributed by atoms with van der Waals surface area (Å²) in [6.45, 7) is 8.28. The van der Waals surface area contributed by atoms with Crippen LogP contribution in [0.15, 0.2) is 18.2 Å². The molecule has 0 unspecified atom stereocenters. The second-order valence-electron chi connectivity index (χ2n) is 6.91. The molecular weight excluding hydrogens is 392 g/mol. The lowest BCUT2D eigenvalue weighted by atomic mass is 10.2. The van der Waals surface area contributed by atoms with Crippen LogP contribution in [0.3, 0.4) is 0 Å². The first-order valence-corrected chi connectivity index (χ1v) is 10.1. The van der Waals surface area contributed by atoms with Crippen LogP contribution in [0.4, 0.5) is 17.2 Å². The van der Waals surface area contributed by atoms with E-state index in [9.17, 15) is 4.79 Å². The van der Waals surface area contributed by atoms with Crippen molar-refractivity contribution in [1.82, 2.24) is 14.9 Å². The van der Waals surface area contributed by atoms with Gasteiger partial charge in [0.2, 0.25) is 0 Å². The van der Waals surface area contributed by atoms with E-state index in [1.165, 1.54) is 0 Å². The number of aryl methyl sites for hydroxylation is 1. The van der Waals surface area contributed by atoms with Crippen molar-refractivity contribution in [2.45, 2.75) is 20.3 Å². The Kier molecular flexibility index (Phi) is 6.76. The Labute approximate surface area is 176 Å². The third-order valence-corrected chi connectivity index (χ3v) is 5.16. The molecule has 0 bridgehead atoms. The molecule has 1 aliphatic heterocycles. The molecule has 2 heterocycles. The van der Waals surface area contributed by atoms with Gasteiger partial charge in [-0.3, -0.25) is 4.79 Å². The maximum Gasteiger partial charge on any atom is 0.271 e. The van der Waals surface area contributed by atoms with Crippen molar-refractivity contribution in [1.29, 1.82) is 0 Å². The lowest BCUT2D eigenvalue weighted by Gasteiger charge is -2.35. The van der Waals surface area contributed by atoms with E-state index >= 15 is 0 Å². The molecule has 1 fully saturated rings. The molecule has 0 radical (unpaired) electrons. The number of carbonyl (C=O) groups is 1. The van der Waals surface area contributed by atoms with Gasteiger partial charge in [-0.15, -0.1) is 0 Å². The highest BCUT2D eigenvalue weighted by Crippen LogP contribution is 2.33. The molecule has 2 aromatic rings. The molecule has 3 N–H and O–H groups in total. The van der Waals surface area contributed by atoms with Crippen LogP contribution in [0.1, 0.15) is 30.0 Å². The molecular formula is C20H27ClN6O2. The quantitative estimate of drug-likeness (QED) is 0.713. The fraction of sp³-hybridized carbons (Fsp3) is 0.450. The van der Waals surface area contributed by atoms with Gasteiger partial charge in [0.05, 0.1) is 18.0 Å². The number of hydrogen-bond acceptors (Lipinski definition) is 7. The van der Waals surface area contributed by atoms with Gasteiger partial charge in [-0.1, -0.05) is 18.5 Å². The molecule has 1 amide bonds. The number of anilines is 3. The van der Waals surface area contributed by atoms with E-state index in [2.05, 4.69) is 32.1 Å². The summed E-state index contributed by atoms with van der Waals surface area (Å²) in [5.74, 6) is 0.340. The van der Waals surface area contributed by atoms with Crippen LogP contribution in [0.25, 0.3) is 0 Å². The minimum absolute atomic E-state index is 0.0624. The van der Waals surface area contributed by atoms with Crippen molar-refractivity contribution in [3.8, 4) is 5.75 Å². The summed E-state index contributed by atoms with van der Waals surface area (Å²) in [4.78, 5) is 25.0. The summed E-state index contributed by atoms with van der Waals surface area (Å²) in [7, 11) is 2.13. The minimum Gasteiger partial charge on any atom is -0.492 e. The molecule has 0 aliphatic carbocycles. The minimum atomic E-state index is -0.662. The predicted octanol–water partition coefficient (Wildman–Crippen LogP) is 2.69. The number of halogens is 1.